The number of aliphatic hydroxyl groups is 1. The fourth-order valence-corrected chi connectivity index (χ4v) is 3.48. The minimum absolute atomic E-state index is 0.0141. The Bertz CT molecular complexity index is 698. The smallest absolute Gasteiger partial charge is 0.125 e. The lowest BCUT2D eigenvalue weighted by molar-refractivity contribution is 0.267. The van der Waals surface area contributed by atoms with Crippen LogP contribution in [0.2, 0.25) is 0 Å². The van der Waals surface area contributed by atoms with Gasteiger partial charge < -0.3 is 9.84 Å². The number of rotatable bonds is 4. The van der Waals surface area contributed by atoms with E-state index in [1.54, 1.807) is 11.3 Å². The molecule has 0 bridgehead atoms. The summed E-state index contributed by atoms with van der Waals surface area (Å²) in [5, 5.41) is 10.9. The van der Waals surface area contributed by atoms with Gasteiger partial charge in [-0.15, -0.1) is 11.3 Å². The first-order valence-electron chi connectivity index (χ1n) is 6.68. The topological polar surface area (TPSA) is 29.5 Å². The van der Waals surface area contributed by atoms with Crippen LogP contribution in [0, 0.1) is 0 Å². The summed E-state index contributed by atoms with van der Waals surface area (Å²) in [4.78, 5) is 1.16. The number of hydrogen-bond acceptors (Lipinski definition) is 3. The third-order valence-corrected chi connectivity index (χ3v) is 4.43. The van der Waals surface area contributed by atoms with Gasteiger partial charge in [-0.3, -0.25) is 0 Å². The molecule has 0 saturated carbocycles. The van der Waals surface area contributed by atoms with Crippen molar-refractivity contribution in [2.24, 2.45) is 0 Å². The highest BCUT2D eigenvalue weighted by atomic mass is 32.1. The Hall–Kier alpha value is -1.84. The summed E-state index contributed by atoms with van der Waals surface area (Å²) in [6.45, 7) is 2.54. The van der Waals surface area contributed by atoms with Crippen LogP contribution in [0.4, 0.5) is 0 Å². The molecule has 102 valence electrons. The second kappa shape index (κ2) is 5.65. The molecule has 0 spiro atoms. The molecule has 3 rings (SSSR count). The van der Waals surface area contributed by atoms with E-state index in [2.05, 4.69) is 18.2 Å². The molecule has 0 atom stereocenters. The molecule has 3 aromatic rings. The van der Waals surface area contributed by atoms with Crippen molar-refractivity contribution in [3.05, 3.63) is 54.1 Å². The van der Waals surface area contributed by atoms with Gasteiger partial charge in [0.15, 0.2) is 0 Å². The van der Waals surface area contributed by atoms with Gasteiger partial charge in [0, 0.05) is 20.7 Å². The Balaban J connectivity index is 2.15. The van der Waals surface area contributed by atoms with Crippen LogP contribution in [0.5, 0.6) is 5.75 Å². The molecule has 0 fully saturated rings. The Morgan fingerprint density at radius 2 is 1.95 bits per heavy atom. The molecule has 3 heteroatoms. The molecule has 0 aliphatic rings. The van der Waals surface area contributed by atoms with Gasteiger partial charge in [0.05, 0.1) is 13.2 Å². The van der Waals surface area contributed by atoms with Gasteiger partial charge in [0.25, 0.3) is 0 Å². The van der Waals surface area contributed by atoms with Crippen molar-refractivity contribution >= 4 is 21.4 Å². The van der Waals surface area contributed by atoms with E-state index in [9.17, 15) is 5.11 Å². The maximum absolute atomic E-state index is 9.69. The van der Waals surface area contributed by atoms with Crippen LogP contribution in [-0.4, -0.2) is 11.7 Å². The van der Waals surface area contributed by atoms with Crippen LogP contribution in [0.1, 0.15) is 12.5 Å². The van der Waals surface area contributed by atoms with Crippen molar-refractivity contribution in [1.29, 1.82) is 0 Å². The summed E-state index contributed by atoms with van der Waals surface area (Å²) in [5.74, 6) is 0.768. The first-order chi connectivity index (χ1) is 9.83. The fraction of sp³-hybridized carbons (Fsp3) is 0.176. The van der Waals surface area contributed by atoms with E-state index in [-0.39, 0.29) is 6.61 Å². The molecule has 2 nitrogen and oxygen atoms in total. The van der Waals surface area contributed by atoms with Crippen LogP contribution in [0.15, 0.2) is 48.5 Å². The highest BCUT2D eigenvalue weighted by molar-refractivity contribution is 7.22. The lowest BCUT2D eigenvalue weighted by Gasteiger charge is -2.12. The number of benzene rings is 2. The van der Waals surface area contributed by atoms with Gasteiger partial charge in [0.2, 0.25) is 0 Å². The van der Waals surface area contributed by atoms with E-state index in [1.807, 2.05) is 37.3 Å². The minimum Gasteiger partial charge on any atom is -0.493 e. The maximum atomic E-state index is 9.69. The fourth-order valence-electron chi connectivity index (χ4n) is 2.36. The molecule has 2 aromatic carbocycles. The van der Waals surface area contributed by atoms with Crippen LogP contribution in [-0.2, 0) is 6.61 Å². The van der Waals surface area contributed by atoms with E-state index in [4.69, 9.17) is 4.74 Å². The molecule has 0 unspecified atom stereocenters. The molecule has 1 heterocycles. The molecule has 0 amide bonds. The van der Waals surface area contributed by atoms with Crippen molar-refractivity contribution in [2.45, 2.75) is 13.5 Å². The summed E-state index contributed by atoms with van der Waals surface area (Å²) in [5.41, 5.74) is 1.92. The van der Waals surface area contributed by atoms with E-state index < -0.39 is 0 Å². The normalized spacial score (nSPS) is 10.9. The molecule has 0 saturated heterocycles. The second-order valence-corrected chi connectivity index (χ2v) is 5.61. The zero-order valence-electron chi connectivity index (χ0n) is 11.3. The lowest BCUT2D eigenvalue weighted by atomic mass is 10.0. The van der Waals surface area contributed by atoms with Crippen molar-refractivity contribution < 1.29 is 9.84 Å². The van der Waals surface area contributed by atoms with Gasteiger partial charge in [0.1, 0.15) is 5.75 Å². The van der Waals surface area contributed by atoms with E-state index in [0.717, 1.165) is 21.8 Å². The monoisotopic (exact) mass is 284 g/mol. The molecular formula is C17H16O2S. The van der Waals surface area contributed by atoms with E-state index >= 15 is 0 Å². The largest absolute Gasteiger partial charge is 0.493 e. The molecule has 20 heavy (non-hydrogen) atoms. The van der Waals surface area contributed by atoms with Gasteiger partial charge in [-0.1, -0.05) is 30.3 Å². The van der Waals surface area contributed by atoms with Gasteiger partial charge in [-0.05, 0) is 30.5 Å². The van der Waals surface area contributed by atoms with Gasteiger partial charge in [-0.2, -0.15) is 0 Å². The van der Waals surface area contributed by atoms with Crippen LogP contribution in [0.3, 0.4) is 0 Å². The SMILES string of the molecule is CCOc1cccc(-c2cc3ccccc3s2)c1CO. The highest BCUT2D eigenvalue weighted by Gasteiger charge is 2.12. The second-order valence-electron chi connectivity index (χ2n) is 4.52. The molecular weight excluding hydrogens is 268 g/mol. The summed E-state index contributed by atoms with van der Waals surface area (Å²) < 4.78 is 6.87. The minimum atomic E-state index is -0.0141. The molecule has 1 N–H and O–H groups in total. The van der Waals surface area contributed by atoms with Crippen molar-refractivity contribution in [3.8, 4) is 16.2 Å². The summed E-state index contributed by atoms with van der Waals surface area (Å²) in [6.07, 6.45) is 0. The van der Waals surface area contributed by atoms with Crippen molar-refractivity contribution in [1.82, 2.24) is 0 Å². The first kappa shape index (κ1) is 13.2. The number of ether oxygens (including phenoxy) is 1. The van der Waals surface area contributed by atoms with Crippen molar-refractivity contribution in [3.63, 3.8) is 0 Å². The van der Waals surface area contributed by atoms with E-state index in [0.29, 0.717) is 6.61 Å². The lowest BCUT2D eigenvalue weighted by Crippen LogP contribution is -1.98. The summed E-state index contributed by atoms with van der Waals surface area (Å²) in [6, 6.07) is 16.4. The Morgan fingerprint density at radius 3 is 2.70 bits per heavy atom. The first-order valence-corrected chi connectivity index (χ1v) is 7.49. The number of fused-ring (bicyclic) bond motifs is 1. The van der Waals surface area contributed by atoms with Gasteiger partial charge >= 0.3 is 0 Å². The quantitative estimate of drug-likeness (QED) is 0.766. The van der Waals surface area contributed by atoms with Gasteiger partial charge in [-0.25, -0.2) is 0 Å². The molecule has 0 aliphatic carbocycles. The third kappa shape index (κ3) is 2.30. The average Bonchev–Trinajstić information content (AvgIpc) is 2.91. The van der Waals surface area contributed by atoms with Crippen molar-refractivity contribution in [2.75, 3.05) is 6.61 Å². The molecule has 0 radical (unpaired) electrons. The zero-order chi connectivity index (χ0) is 13.9. The van der Waals surface area contributed by atoms with E-state index in [1.165, 1.54) is 10.1 Å². The van der Waals surface area contributed by atoms with Crippen LogP contribution >= 0.6 is 11.3 Å². The van der Waals surface area contributed by atoms with Crippen LogP contribution < -0.4 is 4.74 Å². The standard InChI is InChI=1S/C17H16O2S/c1-2-19-15-8-5-7-13(14(15)11-18)17-10-12-6-3-4-9-16(12)20-17/h3-10,18H,2,11H2,1H3. The predicted octanol–water partition coefficient (Wildman–Crippen LogP) is 4.46. The van der Waals surface area contributed by atoms with Crippen LogP contribution in [0.25, 0.3) is 20.5 Å². The molecule has 1 aromatic heterocycles. The number of thiophene rings is 1. The zero-order valence-corrected chi connectivity index (χ0v) is 12.1. The Kier molecular flexibility index (Phi) is 3.72. The maximum Gasteiger partial charge on any atom is 0.125 e. The summed E-state index contributed by atoms with van der Waals surface area (Å²) >= 11 is 1.74. The number of hydrogen-bond donors (Lipinski definition) is 1. The predicted molar refractivity (Wildman–Crippen MR) is 84.4 cm³/mol. The average molecular weight is 284 g/mol. The highest BCUT2D eigenvalue weighted by Crippen LogP contribution is 2.38. The Morgan fingerprint density at radius 1 is 1.10 bits per heavy atom. The number of aliphatic hydroxyl groups excluding tert-OH is 1. The summed E-state index contributed by atoms with van der Waals surface area (Å²) in [7, 11) is 0. The third-order valence-electron chi connectivity index (χ3n) is 3.28. The Labute approximate surface area is 122 Å². The molecule has 0 aliphatic heterocycles.